The average molecular weight is 198 g/mol. The van der Waals surface area contributed by atoms with E-state index in [1.807, 2.05) is 6.92 Å². The fraction of sp³-hybridized carbons (Fsp3) is 1.00. The summed E-state index contributed by atoms with van der Waals surface area (Å²) >= 11 is 0. The molecule has 0 spiro atoms. The van der Waals surface area contributed by atoms with E-state index in [4.69, 9.17) is 0 Å². The first-order chi connectivity index (χ1) is 6.54. The van der Waals surface area contributed by atoms with Crippen LogP contribution in [0.1, 0.15) is 59.8 Å². The lowest BCUT2D eigenvalue weighted by Crippen LogP contribution is -2.37. The molecule has 0 aromatic rings. The number of hydrogen-bond donors (Lipinski definition) is 1. The maximum absolute atomic E-state index is 9.79. The van der Waals surface area contributed by atoms with Crippen molar-refractivity contribution in [1.29, 1.82) is 0 Å². The van der Waals surface area contributed by atoms with Gasteiger partial charge in [0, 0.05) is 0 Å². The first kappa shape index (κ1) is 12.0. The Balaban J connectivity index is 2.80. The molecular formula is C13H26O. The van der Waals surface area contributed by atoms with Crippen molar-refractivity contribution in [1.82, 2.24) is 0 Å². The van der Waals surface area contributed by atoms with Gasteiger partial charge in [0.25, 0.3) is 0 Å². The molecular weight excluding hydrogens is 172 g/mol. The van der Waals surface area contributed by atoms with Crippen molar-refractivity contribution < 1.29 is 5.11 Å². The second-order valence-corrected chi connectivity index (χ2v) is 5.31. The van der Waals surface area contributed by atoms with Crippen LogP contribution < -0.4 is 0 Å². The second-order valence-electron chi connectivity index (χ2n) is 5.31. The molecule has 0 radical (unpaired) electrons. The van der Waals surface area contributed by atoms with Crippen molar-refractivity contribution in [2.75, 3.05) is 0 Å². The highest BCUT2D eigenvalue weighted by Gasteiger charge is 2.44. The van der Waals surface area contributed by atoms with E-state index in [-0.39, 0.29) is 6.10 Å². The van der Waals surface area contributed by atoms with Crippen LogP contribution in [-0.2, 0) is 0 Å². The van der Waals surface area contributed by atoms with E-state index in [1.165, 1.54) is 32.1 Å². The van der Waals surface area contributed by atoms with Gasteiger partial charge in [-0.15, -0.1) is 0 Å². The summed E-state index contributed by atoms with van der Waals surface area (Å²) in [5.41, 5.74) is 0.433. The third-order valence-electron chi connectivity index (χ3n) is 4.61. The molecule has 14 heavy (non-hydrogen) atoms. The topological polar surface area (TPSA) is 20.2 Å². The van der Waals surface area contributed by atoms with Crippen LogP contribution in [0.4, 0.5) is 0 Å². The van der Waals surface area contributed by atoms with Crippen molar-refractivity contribution in [3.05, 3.63) is 0 Å². The zero-order valence-electron chi connectivity index (χ0n) is 10.2. The molecule has 0 amide bonds. The summed E-state index contributed by atoms with van der Waals surface area (Å²) in [5, 5.41) is 9.79. The third kappa shape index (κ3) is 1.98. The summed E-state index contributed by atoms with van der Waals surface area (Å²) in [5.74, 6) is 1.26. The monoisotopic (exact) mass is 198 g/mol. The average Bonchev–Trinajstić information content (AvgIpc) is 2.48. The molecule has 1 fully saturated rings. The molecule has 4 atom stereocenters. The highest BCUT2D eigenvalue weighted by atomic mass is 16.3. The minimum absolute atomic E-state index is 0.151. The van der Waals surface area contributed by atoms with Crippen LogP contribution >= 0.6 is 0 Å². The Kier molecular flexibility index (Phi) is 4.00. The lowest BCUT2D eigenvalue weighted by atomic mass is 9.65. The Bertz CT molecular complexity index is 176. The Labute approximate surface area is 88.9 Å². The van der Waals surface area contributed by atoms with Gasteiger partial charge in [-0.05, 0) is 37.0 Å². The molecule has 0 aromatic carbocycles. The normalized spacial score (nSPS) is 37.1. The SMILES string of the molecule is CCCC1(C(C)C(C)O)CCCC1C. The van der Waals surface area contributed by atoms with Gasteiger partial charge in [0.2, 0.25) is 0 Å². The van der Waals surface area contributed by atoms with Crippen molar-refractivity contribution in [3.8, 4) is 0 Å². The van der Waals surface area contributed by atoms with Crippen LogP contribution in [0, 0.1) is 17.3 Å². The highest BCUT2D eigenvalue weighted by molar-refractivity contribution is 4.94. The van der Waals surface area contributed by atoms with E-state index >= 15 is 0 Å². The number of aliphatic hydroxyl groups excluding tert-OH is 1. The van der Waals surface area contributed by atoms with E-state index in [2.05, 4.69) is 20.8 Å². The van der Waals surface area contributed by atoms with Crippen molar-refractivity contribution in [2.45, 2.75) is 65.9 Å². The van der Waals surface area contributed by atoms with Crippen LogP contribution in [0.5, 0.6) is 0 Å². The molecule has 1 heteroatoms. The molecule has 1 saturated carbocycles. The van der Waals surface area contributed by atoms with Gasteiger partial charge in [-0.3, -0.25) is 0 Å². The summed E-state index contributed by atoms with van der Waals surface area (Å²) in [6.45, 7) is 8.83. The molecule has 1 aliphatic carbocycles. The number of hydrogen-bond acceptors (Lipinski definition) is 1. The number of aliphatic hydroxyl groups is 1. The fourth-order valence-electron chi connectivity index (χ4n) is 3.49. The van der Waals surface area contributed by atoms with Crippen molar-refractivity contribution in [3.63, 3.8) is 0 Å². The zero-order chi connectivity index (χ0) is 10.8. The zero-order valence-corrected chi connectivity index (χ0v) is 10.2. The van der Waals surface area contributed by atoms with Crippen LogP contribution in [0.2, 0.25) is 0 Å². The lowest BCUT2D eigenvalue weighted by Gasteiger charge is -2.41. The van der Waals surface area contributed by atoms with Gasteiger partial charge >= 0.3 is 0 Å². The molecule has 1 aliphatic rings. The van der Waals surface area contributed by atoms with Crippen LogP contribution in [-0.4, -0.2) is 11.2 Å². The first-order valence-corrected chi connectivity index (χ1v) is 6.22. The van der Waals surface area contributed by atoms with Gasteiger partial charge in [-0.1, -0.05) is 40.0 Å². The Hall–Kier alpha value is -0.0400. The minimum atomic E-state index is -0.151. The maximum atomic E-state index is 9.79. The van der Waals surface area contributed by atoms with E-state index in [0.29, 0.717) is 11.3 Å². The predicted molar refractivity (Wildman–Crippen MR) is 61.2 cm³/mol. The van der Waals surface area contributed by atoms with E-state index in [0.717, 1.165) is 5.92 Å². The molecule has 84 valence electrons. The molecule has 0 aliphatic heterocycles. The third-order valence-corrected chi connectivity index (χ3v) is 4.61. The quantitative estimate of drug-likeness (QED) is 0.731. The summed E-state index contributed by atoms with van der Waals surface area (Å²) in [6, 6.07) is 0. The van der Waals surface area contributed by atoms with Gasteiger partial charge in [0.05, 0.1) is 6.10 Å². The molecule has 4 unspecified atom stereocenters. The molecule has 0 heterocycles. The van der Waals surface area contributed by atoms with Crippen molar-refractivity contribution >= 4 is 0 Å². The molecule has 1 nitrogen and oxygen atoms in total. The number of rotatable bonds is 4. The Morgan fingerprint density at radius 3 is 2.43 bits per heavy atom. The Morgan fingerprint density at radius 1 is 1.43 bits per heavy atom. The van der Waals surface area contributed by atoms with Crippen LogP contribution in [0.15, 0.2) is 0 Å². The Morgan fingerprint density at radius 2 is 2.07 bits per heavy atom. The fourth-order valence-corrected chi connectivity index (χ4v) is 3.49. The summed E-state index contributed by atoms with van der Waals surface area (Å²) in [4.78, 5) is 0. The highest BCUT2D eigenvalue weighted by Crippen LogP contribution is 2.52. The predicted octanol–water partition coefficient (Wildman–Crippen LogP) is 3.61. The van der Waals surface area contributed by atoms with Gasteiger partial charge in [0.1, 0.15) is 0 Å². The van der Waals surface area contributed by atoms with Gasteiger partial charge in [0.15, 0.2) is 0 Å². The van der Waals surface area contributed by atoms with Gasteiger partial charge in [-0.25, -0.2) is 0 Å². The summed E-state index contributed by atoms with van der Waals surface area (Å²) in [6.07, 6.45) is 6.44. The largest absolute Gasteiger partial charge is 0.393 e. The van der Waals surface area contributed by atoms with E-state index in [9.17, 15) is 5.11 Å². The molecule has 0 aromatic heterocycles. The summed E-state index contributed by atoms with van der Waals surface area (Å²) < 4.78 is 0. The van der Waals surface area contributed by atoms with E-state index in [1.54, 1.807) is 0 Å². The van der Waals surface area contributed by atoms with Gasteiger partial charge in [-0.2, -0.15) is 0 Å². The van der Waals surface area contributed by atoms with Crippen LogP contribution in [0.25, 0.3) is 0 Å². The van der Waals surface area contributed by atoms with Crippen molar-refractivity contribution in [2.24, 2.45) is 17.3 Å². The lowest BCUT2D eigenvalue weighted by molar-refractivity contribution is 0.00899. The molecule has 0 saturated heterocycles. The molecule has 0 bridgehead atoms. The van der Waals surface area contributed by atoms with Crippen LogP contribution in [0.3, 0.4) is 0 Å². The maximum Gasteiger partial charge on any atom is 0.0543 e. The van der Waals surface area contributed by atoms with Gasteiger partial charge < -0.3 is 5.11 Å². The minimum Gasteiger partial charge on any atom is -0.393 e. The first-order valence-electron chi connectivity index (χ1n) is 6.22. The summed E-state index contributed by atoms with van der Waals surface area (Å²) in [7, 11) is 0. The standard InChI is InChI=1S/C13H26O/c1-5-8-13(11(3)12(4)14)9-6-7-10(13)2/h10-12,14H,5-9H2,1-4H3. The van der Waals surface area contributed by atoms with E-state index < -0.39 is 0 Å². The smallest absolute Gasteiger partial charge is 0.0543 e. The second kappa shape index (κ2) is 4.65. The molecule has 1 N–H and O–H groups in total. The molecule has 1 rings (SSSR count).